The molecule has 398 valence electrons. The minimum Gasteiger partial charge on any atom is -0.480 e. The Morgan fingerprint density at radius 2 is 0.720 bits per heavy atom. The van der Waals surface area contributed by atoms with E-state index in [0.717, 1.165) is 64.0 Å². The van der Waals surface area contributed by atoms with Gasteiger partial charge in [-0.25, -0.2) is 14.6 Å². The number of barbiturate groups is 1. The molecule has 6 heterocycles. The van der Waals surface area contributed by atoms with Crippen LogP contribution in [0.1, 0.15) is 20.8 Å². The quantitative estimate of drug-likeness (QED) is 0.0462. The standard InChI is InChI=1S/C17H13N3O9S4.C12H10N2O6S3.C10H10N2O7/c1-2-6-12(27)18(3-7(21)22)15(31-6)10-13(28)19(4-8(23)24)16(32-10)11-14(29)20(5-9(25)26)17(30)33-11;1-2-5-9(19)13(3-6(15)16)11(22-5)8-10(20)14(4-7(17)18)12(21)23-8;1-2-5-8(17)11(3-6(13)14)10(19)12(9(5)18)4-7(15)16/h2H,3-5H2,1H3,(H,21,22)(H,23,24)(H,25,26);2H,3-4H2,1H3,(H,15,16)(H,17,18);2H,3-4H2,1H3,(H,13,14)(H,15,16)/b6-2+,15-10-,16-11-;5-2+,11-8-;. The zero-order chi connectivity index (χ0) is 56.7. The van der Waals surface area contributed by atoms with Crippen LogP contribution in [0.15, 0.2) is 26.0 Å². The van der Waals surface area contributed by atoms with Crippen molar-refractivity contribution in [2.45, 2.75) is 40.4 Å². The summed E-state index contributed by atoms with van der Waals surface area (Å²) in [5.41, 5.74) is -2.43. The lowest BCUT2D eigenvalue weighted by Gasteiger charge is -2.31. The zero-order valence-corrected chi connectivity index (χ0v) is 43.6. The predicted molar refractivity (Wildman–Crippen MR) is 269 cm³/mol. The van der Waals surface area contributed by atoms with Crippen molar-refractivity contribution in [3.63, 3.8) is 0 Å². The summed E-state index contributed by atoms with van der Waals surface area (Å²) in [4.78, 5) is 177. The van der Waals surface area contributed by atoms with E-state index in [9.17, 15) is 82.1 Å². The fourth-order valence-corrected chi connectivity index (χ4v) is 12.4. The fraction of sp³-hybridized carbons (Fsp3) is 0.256. The van der Waals surface area contributed by atoms with Crippen molar-refractivity contribution in [1.29, 1.82) is 0 Å². The van der Waals surface area contributed by atoms with Gasteiger partial charge in [0.1, 0.15) is 88.4 Å². The van der Waals surface area contributed by atoms with Crippen LogP contribution < -0.4 is 35.1 Å². The maximum Gasteiger partial charge on any atom is 0.335 e. The summed E-state index contributed by atoms with van der Waals surface area (Å²) >= 11 is 14.1. The predicted octanol–water partition coefficient (Wildman–Crippen LogP) is -3.82. The van der Waals surface area contributed by atoms with Gasteiger partial charge in [0.05, 0.1) is 9.06 Å². The van der Waals surface area contributed by atoms with Crippen LogP contribution in [-0.2, 0) is 72.4 Å². The molecule has 3 saturated heterocycles. The van der Waals surface area contributed by atoms with E-state index in [0.29, 0.717) is 37.4 Å². The van der Waals surface area contributed by atoms with Crippen LogP contribution in [-0.4, -0.2) is 175 Å². The van der Waals surface area contributed by atoms with Crippen LogP contribution in [0.4, 0.5) is 4.79 Å². The van der Waals surface area contributed by atoms with Gasteiger partial charge in [0, 0.05) is 0 Å². The summed E-state index contributed by atoms with van der Waals surface area (Å²) in [6.45, 7) is -0.815. The number of hydrogen-bond acceptors (Lipinski definition) is 22. The highest BCUT2D eigenvalue weighted by Crippen LogP contribution is 2.32. The normalized spacial score (nSPS) is 17.1. The first-order chi connectivity index (χ1) is 35.0. The van der Waals surface area contributed by atoms with Crippen LogP contribution in [0.5, 0.6) is 0 Å². The Labute approximate surface area is 445 Å². The Kier molecular flexibility index (Phi) is 19.9. The van der Waals surface area contributed by atoms with Crippen LogP contribution in [0.3, 0.4) is 0 Å². The highest BCUT2D eigenvalue weighted by atomic mass is 32.2. The molecular weight excluding hydrogens is 1140 g/mol. The number of hydrogen-bond donors (Lipinski definition) is 7. The van der Waals surface area contributed by atoms with Crippen molar-refractivity contribution in [3.8, 4) is 0 Å². The van der Waals surface area contributed by atoms with Crippen LogP contribution >= 0.6 is 82.0 Å². The van der Waals surface area contributed by atoms with Crippen molar-refractivity contribution in [3.05, 3.63) is 70.3 Å². The second-order valence-electron chi connectivity index (χ2n) is 14.2. The zero-order valence-electron chi connectivity index (χ0n) is 37.9. The number of thioether (sulfide) groups is 2. The summed E-state index contributed by atoms with van der Waals surface area (Å²) in [6, 6.07) is -1.26. The number of thiazole rings is 3. The summed E-state index contributed by atoms with van der Waals surface area (Å²) in [7, 11) is 0. The summed E-state index contributed by atoms with van der Waals surface area (Å²) in [5, 5.41) is 62.5. The molecular formula is C39H33N7O22S7. The number of thiocarbonyl (C=S) groups is 2. The van der Waals surface area contributed by atoms with Gasteiger partial charge in [0.25, 0.3) is 40.3 Å². The Morgan fingerprint density at radius 3 is 1.05 bits per heavy atom. The molecule has 3 aliphatic rings. The van der Waals surface area contributed by atoms with E-state index in [1.807, 2.05) is 0 Å². The average molecular weight is 1180 g/mol. The number of imide groups is 2. The van der Waals surface area contributed by atoms with Crippen molar-refractivity contribution < 1.29 is 93.3 Å². The minimum absolute atomic E-state index is 0.00287. The first kappa shape index (κ1) is 59.8. The molecule has 3 aromatic rings. The number of carbonyl (C=O) groups is 12. The number of carbonyl (C=O) groups excluding carboxylic acids is 5. The molecule has 36 heteroatoms. The van der Waals surface area contributed by atoms with Crippen LogP contribution in [0.25, 0.3) is 22.0 Å². The first-order valence-electron chi connectivity index (χ1n) is 20.0. The molecule has 6 rings (SSSR count). The van der Waals surface area contributed by atoms with Gasteiger partial charge in [0.2, 0.25) is 0 Å². The lowest BCUT2D eigenvalue weighted by molar-refractivity contribution is -0.147. The lowest BCUT2D eigenvalue weighted by atomic mass is 10.1. The third-order valence-electron chi connectivity index (χ3n) is 9.26. The van der Waals surface area contributed by atoms with Gasteiger partial charge in [-0.1, -0.05) is 66.2 Å². The number of carboxylic acid groups (broad SMARTS) is 7. The number of carboxylic acids is 7. The van der Waals surface area contributed by atoms with Crippen LogP contribution in [0, 0.1) is 9.20 Å². The van der Waals surface area contributed by atoms with E-state index in [4.69, 9.17) is 50.0 Å². The van der Waals surface area contributed by atoms with Gasteiger partial charge >= 0.3 is 47.8 Å². The number of nitrogens with zero attached hydrogens (tertiary/aromatic N) is 7. The first-order valence-corrected chi connectivity index (χ1v) is 24.9. The molecule has 7 N–H and O–H groups in total. The maximum absolute atomic E-state index is 13.1. The summed E-state index contributed by atoms with van der Waals surface area (Å²) in [5.74, 6) is -13.0. The largest absolute Gasteiger partial charge is 0.480 e. The Morgan fingerprint density at radius 1 is 0.413 bits per heavy atom. The SMILES string of the molecule is C/C=c1/s/c(=C2\SC(=S)N(CC(=O)O)C2=O)n(CC(=O)O)c1=O.C/C=c1/s/c(=c2\s/c(=C3\SC(=S)N(CC(=O)O)C3=O)n(CC(=O)O)c2=O)n(CC(=O)O)c1=O.CC=C1C(=O)N(CC(=O)O)C(=O)N(CC(=O)O)C1=O. The second kappa shape index (κ2) is 25.0. The van der Waals surface area contributed by atoms with E-state index in [-0.39, 0.29) is 41.5 Å². The second-order valence-corrected chi connectivity index (χ2v) is 20.6. The van der Waals surface area contributed by atoms with Gasteiger partial charge in [-0.2, -0.15) is 0 Å². The molecule has 3 aliphatic heterocycles. The highest BCUT2D eigenvalue weighted by molar-refractivity contribution is 8.30. The number of allylic oxidation sites excluding steroid dienone is 1. The topological polar surface area (TPSA) is 425 Å². The van der Waals surface area contributed by atoms with Crippen molar-refractivity contribution in [2.75, 3.05) is 26.2 Å². The molecule has 75 heavy (non-hydrogen) atoms. The van der Waals surface area contributed by atoms with Gasteiger partial charge in [0.15, 0.2) is 0 Å². The molecule has 0 spiro atoms. The van der Waals surface area contributed by atoms with Crippen molar-refractivity contribution >= 4 is 184 Å². The van der Waals surface area contributed by atoms with Crippen molar-refractivity contribution in [1.82, 2.24) is 33.3 Å². The third-order valence-corrected chi connectivity index (χ3v) is 16.2. The van der Waals surface area contributed by atoms with Crippen molar-refractivity contribution in [2.24, 2.45) is 0 Å². The van der Waals surface area contributed by atoms with E-state index in [1.54, 1.807) is 13.8 Å². The van der Waals surface area contributed by atoms with E-state index in [2.05, 4.69) is 0 Å². The molecule has 0 bridgehead atoms. The molecule has 0 unspecified atom stereocenters. The highest BCUT2D eigenvalue weighted by Gasteiger charge is 2.43. The fourth-order valence-electron chi connectivity index (χ4n) is 6.20. The monoisotopic (exact) mass is 1170 g/mol. The van der Waals surface area contributed by atoms with E-state index < -0.39 is 140 Å². The molecule has 3 aromatic heterocycles. The summed E-state index contributed by atoms with van der Waals surface area (Å²) < 4.78 is 3.06. The van der Waals surface area contributed by atoms with E-state index >= 15 is 0 Å². The number of urea groups is 1. The van der Waals surface area contributed by atoms with Crippen LogP contribution in [0.2, 0.25) is 0 Å². The molecule has 29 nitrogen and oxygen atoms in total. The van der Waals surface area contributed by atoms with Gasteiger partial charge in [-0.15, -0.1) is 34.0 Å². The molecule has 0 radical (unpaired) electrons. The molecule has 0 aliphatic carbocycles. The number of amides is 6. The summed E-state index contributed by atoms with van der Waals surface area (Å²) in [6.07, 6.45) is 4.07. The maximum atomic E-state index is 13.1. The Hall–Kier alpha value is -7.77. The number of aromatic nitrogens is 3. The lowest BCUT2D eigenvalue weighted by Crippen LogP contribution is -2.58. The van der Waals surface area contributed by atoms with Gasteiger partial charge < -0.3 is 35.7 Å². The van der Waals surface area contributed by atoms with Gasteiger partial charge in [-0.3, -0.25) is 90.6 Å². The molecule has 6 amide bonds. The average Bonchev–Trinajstić information content (AvgIpc) is 4.06. The smallest absolute Gasteiger partial charge is 0.335 e. The Bertz CT molecular complexity index is 3630. The molecule has 3 fully saturated rings. The molecule has 0 saturated carbocycles. The van der Waals surface area contributed by atoms with Gasteiger partial charge in [-0.05, 0) is 20.8 Å². The third kappa shape index (κ3) is 13.5. The molecule has 0 aromatic carbocycles. The van der Waals surface area contributed by atoms with E-state index in [1.165, 1.54) is 19.1 Å². The molecule has 0 atom stereocenters. The number of aliphatic carboxylic acids is 7. The minimum atomic E-state index is -1.46. The number of rotatable bonds is 14. The Balaban J connectivity index is 0.000000255.